The Balaban J connectivity index is 1.47. The molecular formula is C23H22N6O3S2. The van der Waals surface area contributed by atoms with Gasteiger partial charge in [0.2, 0.25) is 11.1 Å². The molecule has 2 atom stereocenters. The number of tetrazole rings is 1. The molecule has 1 aromatic heterocycles. The largest absolute Gasteiger partial charge is 0.448 e. The molecule has 3 aromatic rings. The van der Waals surface area contributed by atoms with Gasteiger partial charge in [-0.25, -0.2) is 9.48 Å². The van der Waals surface area contributed by atoms with Crippen molar-refractivity contribution in [1.29, 1.82) is 0 Å². The SMILES string of the molecule is Cn1nnnc1SCC1=C(C(=O)OC(c2ccccc2)c2ccccc2)N2C(=O)[C@@H](N)[C@@H]2SC1. The number of ether oxygens (including phenoxy) is 1. The number of esters is 1. The molecule has 0 radical (unpaired) electrons. The van der Waals surface area contributed by atoms with Gasteiger partial charge >= 0.3 is 5.97 Å². The normalized spacial score (nSPS) is 19.7. The van der Waals surface area contributed by atoms with Gasteiger partial charge in [-0.1, -0.05) is 72.4 Å². The number of carbonyl (C=O) groups excluding carboxylic acids is 2. The van der Waals surface area contributed by atoms with E-state index in [2.05, 4.69) is 15.5 Å². The van der Waals surface area contributed by atoms with Crippen molar-refractivity contribution >= 4 is 35.4 Å². The summed E-state index contributed by atoms with van der Waals surface area (Å²) in [5.41, 5.74) is 8.77. The Bertz CT molecular complexity index is 1190. The summed E-state index contributed by atoms with van der Waals surface area (Å²) >= 11 is 2.95. The molecule has 5 rings (SSSR count). The molecule has 34 heavy (non-hydrogen) atoms. The molecule has 2 aliphatic rings. The fourth-order valence-corrected chi connectivity index (χ4v) is 6.20. The minimum atomic E-state index is -0.621. The lowest BCUT2D eigenvalue weighted by atomic mass is 10.0. The van der Waals surface area contributed by atoms with Crippen molar-refractivity contribution in [3.8, 4) is 0 Å². The van der Waals surface area contributed by atoms with Crippen LogP contribution in [0.15, 0.2) is 77.1 Å². The van der Waals surface area contributed by atoms with Crippen molar-refractivity contribution in [2.24, 2.45) is 12.8 Å². The van der Waals surface area contributed by atoms with Crippen LogP contribution in [0.2, 0.25) is 0 Å². The average Bonchev–Trinajstić information content (AvgIpc) is 3.30. The van der Waals surface area contributed by atoms with E-state index in [0.717, 1.165) is 16.7 Å². The summed E-state index contributed by atoms with van der Waals surface area (Å²) in [5, 5.41) is 11.8. The molecule has 0 spiro atoms. The zero-order chi connectivity index (χ0) is 23.7. The first kappa shape index (κ1) is 22.6. The Hall–Kier alpha value is -3.15. The molecule has 2 aromatic carbocycles. The third kappa shape index (κ3) is 4.22. The molecule has 0 saturated carbocycles. The lowest BCUT2D eigenvalue weighted by Gasteiger charge is -2.48. The van der Waals surface area contributed by atoms with E-state index in [1.165, 1.54) is 16.7 Å². The average molecular weight is 495 g/mol. The van der Waals surface area contributed by atoms with Crippen molar-refractivity contribution in [3.63, 3.8) is 0 Å². The predicted octanol–water partition coefficient (Wildman–Crippen LogP) is 2.13. The number of hydrogen-bond acceptors (Lipinski definition) is 9. The van der Waals surface area contributed by atoms with E-state index >= 15 is 0 Å². The molecule has 0 bridgehead atoms. The Morgan fingerprint density at radius 3 is 2.41 bits per heavy atom. The molecule has 3 heterocycles. The van der Waals surface area contributed by atoms with Crippen LogP contribution in [0.1, 0.15) is 17.2 Å². The molecule has 0 aliphatic carbocycles. The van der Waals surface area contributed by atoms with E-state index in [4.69, 9.17) is 10.5 Å². The number of aryl methyl sites for hydroxylation is 1. The molecule has 1 fully saturated rings. The highest BCUT2D eigenvalue weighted by Crippen LogP contribution is 2.41. The van der Waals surface area contributed by atoms with Crippen LogP contribution >= 0.6 is 23.5 Å². The first-order valence-corrected chi connectivity index (χ1v) is 12.7. The van der Waals surface area contributed by atoms with Crippen molar-refractivity contribution < 1.29 is 14.3 Å². The quantitative estimate of drug-likeness (QED) is 0.299. The number of aromatic nitrogens is 4. The van der Waals surface area contributed by atoms with Gasteiger partial charge < -0.3 is 10.5 Å². The summed E-state index contributed by atoms with van der Waals surface area (Å²) in [7, 11) is 1.75. The van der Waals surface area contributed by atoms with Crippen molar-refractivity contribution in [2.75, 3.05) is 11.5 Å². The van der Waals surface area contributed by atoms with Crippen LogP contribution in [0.5, 0.6) is 0 Å². The lowest BCUT2D eigenvalue weighted by Crippen LogP contribution is -2.68. The Morgan fingerprint density at radius 1 is 1.18 bits per heavy atom. The molecule has 0 unspecified atom stereocenters. The van der Waals surface area contributed by atoms with Crippen LogP contribution in [0.25, 0.3) is 0 Å². The number of hydrogen-bond donors (Lipinski definition) is 1. The topological polar surface area (TPSA) is 116 Å². The molecule has 1 saturated heterocycles. The highest BCUT2D eigenvalue weighted by Gasteiger charge is 2.52. The summed E-state index contributed by atoms with van der Waals surface area (Å²) < 4.78 is 7.66. The van der Waals surface area contributed by atoms with Gasteiger partial charge in [-0.05, 0) is 27.1 Å². The number of carbonyl (C=O) groups is 2. The fraction of sp³-hybridized carbons (Fsp3) is 0.261. The smallest absolute Gasteiger partial charge is 0.356 e. The number of fused-ring (bicyclic) bond motifs is 1. The molecule has 2 aliphatic heterocycles. The van der Waals surface area contributed by atoms with E-state index in [-0.39, 0.29) is 17.0 Å². The van der Waals surface area contributed by atoms with Crippen molar-refractivity contribution in [2.45, 2.75) is 22.7 Å². The summed E-state index contributed by atoms with van der Waals surface area (Å²) in [6, 6.07) is 18.5. The number of benzene rings is 2. The second-order valence-electron chi connectivity index (χ2n) is 7.87. The van der Waals surface area contributed by atoms with Gasteiger partial charge in [-0.3, -0.25) is 9.69 Å². The predicted molar refractivity (Wildman–Crippen MR) is 128 cm³/mol. The van der Waals surface area contributed by atoms with E-state index in [9.17, 15) is 9.59 Å². The van der Waals surface area contributed by atoms with Crippen LogP contribution in [0.4, 0.5) is 0 Å². The van der Waals surface area contributed by atoms with Crippen LogP contribution in [0.3, 0.4) is 0 Å². The van der Waals surface area contributed by atoms with Crippen LogP contribution in [-0.2, 0) is 21.4 Å². The summed E-state index contributed by atoms with van der Waals surface area (Å²) in [4.78, 5) is 27.8. The minimum absolute atomic E-state index is 0.271. The zero-order valence-corrected chi connectivity index (χ0v) is 19.9. The standard InChI is InChI=1S/C23H22N6O3S2/c1-28-23(25-26-27-28)34-13-16-12-33-21-17(24)20(30)29(21)18(16)22(31)32-19(14-8-4-2-5-9-14)15-10-6-3-7-11-15/h2-11,17,19,21H,12-13,24H2,1H3/t17-,21+/m1/s1. The number of nitrogens with two attached hydrogens (primary N) is 1. The van der Waals surface area contributed by atoms with E-state index in [1.807, 2.05) is 60.7 Å². The van der Waals surface area contributed by atoms with Gasteiger partial charge in [-0.2, -0.15) is 0 Å². The highest BCUT2D eigenvalue weighted by molar-refractivity contribution is 8.01. The highest BCUT2D eigenvalue weighted by atomic mass is 32.2. The summed E-state index contributed by atoms with van der Waals surface area (Å²) in [6.07, 6.45) is -0.614. The van der Waals surface area contributed by atoms with E-state index < -0.39 is 18.1 Å². The first-order chi connectivity index (χ1) is 16.5. The number of β-lactam (4-membered cyclic amide) rings is 1. The van der Waals surface area contributed by atoms with Gasteiger partial charge in [-0.15, -0.1) is 16.9 Å². The minimum Gasteiger partial charge on any atom is -0.448 e. The van der Waals surface area contributed by atoms with Gasteiger partial charge in [0.1, 0.15) is 17.1 Å². The second-order valence-corrected chi connectivity index (χ2v) is 9.92. The molecular weight excluding hydrogens is 472 g/mol. The van der Waals surface area contributed by atoms with Crippen molar-refractivity contribution in [1.82, 2.24) is 25.1 Å². The maximum Gasteiger partial charge on any atom is 0.356 e. The monoisotopic (exact) mass is 494 g/mol. The van der Waals surface area contributed by atoms with Crippen LogP contribution in [-0.4, -0.2) is 59.9 Å². The third-order valence-corrected chi connectivity index (χ3v) is 8.13. The number of nitrogens with zero attached hydrogens (tertiary/aromatic N) is 5. The first-order valence-electron chi connectivity index (χ1n) is 10.6. The Morgan fingerprint density at radius 2 is 1.82 bits per heavy atom. The van der Waals surface area contributed by atoms with E-state index in [1.54, 1.807) is 23.5 Å². The summed E-state index contributed by atoms with van der Waals surface area (Å²) in [6.45, 7) is 0. The summed E-state index contributed by atoms with van der Waals surface area (Å²) in [5.74, 6) is 0.183. The maximum atomic E-state index is 13.7. The Labute approximate surface area is 204 Å². The molecule has 1 amide bonds. The van der Waals surface area contributed by atoms with Gasteiger partial charge in [0.15, 0.2) is 6.10 Å². The fourth-order valence-electron chi connectivity index (χ4n) is 3.92. The molecule has 11 heteroatoms. The van der Waals surface area contributed by atoms with Gasteiger partial charge in [0.05, 0.1) is 0 Å². The zero-order valence-electron chi connectivity index (χ0n) is 18.3. The molecule has 174 valence electrons. The van der Waals surface area contributed by atoms with E-state index in [0.29, 0.717) is 16.7 Å². The van der Waals surface area contributed by atoms with Gasteiger partial charge in [0, 0.05) is 18.6 Å². The molecule has 2 N–H and O–H groups in total. The molecule has 9 nitrogen and oxygen atoms in total. The second kappa shape index (κ2) is 9.61. The lowest BCUT2D eigenvalue weighted by molar-refractivity contribution is -0.153. The number of amides is 1. The third-order valence-electron chi connectivity index (χ3n) is 5.67. The maximum absolute atomic E-state index is 13.7. The van der Waals surface area contributed by atoms with Crippen molar-refractivity contribution in [3.05, 3.63) is 83.1 Å². The van der Waals surface area contributed by atoms with Gasteiger partial charge in [0.25, 0.3) is 0 Å². The Kier molecular flexibility index (Phi) is 6.40. The van der Waals surface area contributed by atoms with Crippen LogP contribution < -0.4 is 5.73 Å². The number of thioether (sulfide) groups is 2. The number of rotatable bonds is 7. The van der Waals surface area contributed by atoms with Crippen LogP contribution in [0, 0.1) is 0 Å².